The molecule has 0 spiro atoms. The van der Waals surface area contributed by atoms with Gasteiger partial charge >= 0.3 is 0 Å². The second-order valence-corrected chi connectivity index (χ2v) is 4.70. The van der Waals surface area contributed by atoms with Crippen LogP contribution in [0, 0.1) is 0 Å². The van der Waals surface area contributed by atoms with E-state index in [4.69, 9.17) is 9.47 Å². The van der Waals surface area contributed by atoms with Crippen LogP contribution < -0.4 is 19.7 Å². The summed E-state index contributed by atoms with van der Waals surface area (Å²) >= 11 is 0. The second kappa shape index (κ2) is 4.11. The molecule has 2 aliphatic heterocycles. The Labute approximate surface area is 102 Å². The van der Waals surface area contributed by atoms with Gasteiger partial charge in [-0.1, -0.05) is 0 Å². The van der Waals surface area contributed by atoms with Crippen LogP contribution in [0.1, 0.15) is 12.0 Å². The lowest BCUT2D eigenvalue weighted by Crippen LogP contribution is -2.42. The Balaban J connectivity index is 1.95. The molecule has 0 amide bonds. The molecule has 2 heterocycles. The third-order valence-corrected chi connectivity index (χ3v) is 3.69. The summed E-state index contributed by atoms with van der Waals surface area (Å²) in [4.78, 5) is 2.34. The minimum atomic E-state index is 0.349. The molecular weight excluding hydrogens is 216 g/mol. The zero-order chi connectivity index (χ0) is 11.8. The highest BCUT2D eigenvalue weighted by Gasteiger charge is 2.26. The van der Waals surface area contributed by atoms with Crippen molar-refractivity contribution in [2.75, 3.05) is 32.3 Å². The molecule has 1 aromatic carbocycles. The lowest BCUT2D eigenvalue weighted by atomic mass is 9.95. The molecule has 4 heteroatoms. The molecule has 1 atom stereocenters. The zero-order valence-corrected chi connectivity index (χ0v) is 10.3. The van der Waals surface area contributed by atoms with Crippen molar-refractivity contribution in [1.29, 1.82) is 0 Å². The van der Waals surface area contributed by atoms with Crippen LogP contribution in [-0.4, -0.2) is 33.5 Å². The van der Waals surface area contributed by atoms with E-state index in [-0.39, 0.29) is 0 Å². The van der Waals surface area contributed by atoms with Crippen LogP contribution in [0.4, 0.5) is 5.69 Å². The molecule has 0 saturated carbocycles. The fraction of sp³-hybridized carbons (Fsp3) is 0.538. The monoisotopic (exact) mass is 234 g/mol. The summed E-state index contributed by atoms with van der Waals surface area (Å²) in [5, 5.41) is 3.25. The summed E-state index contributed by atoms with van der Waals surface area (Å²) in [6, 6.07) is 4.80. The maximum atomic E-state index is 5.44. The number of likely N-dealkylation sites (N-methyl/N-ethyl adjacent to an activating group) is 2. The van der Waals surface area contributed by atoms with E-state index in [0.29, 0.717) is 12.8 Å². The first-order chi connectivity index (χ1) is 8.29. The Morgan fingerprint density at radius 1 is 1.35 bits per heavy atom. The summed E-state index contributed by atoms with van der Waals surface area (Å²) in [7, 11) is 4.16. The number of rotatable bonds is 2. The van der Waals surface area contributed by atoms with E-state index in [1.54, 1.807) is 0 Å². The molecule has 0 saturated heterocycles. The van der Waals surface area contributed by atoms with Crippen LogP contribution in [0.25, 0.3) is 0 Å². The van der Waals surface area contributed by atoms with Crippen molar-refractivity contribution >= 4 is 5.69 Å². The standard InChI is InChI=1S/C13H18N2O2/c1-14-7-10-4-3-9-5-12-13(17-8-16-12)6-11(9)15(10)2/h5-6,10,14H,3-4,7-8H2,1-2H3. The molecule has 4 nitrogen and oxygen atoms in total. The van der Waals surface area contributed by atoms with Gasteiger partial charge in [-0.2, -0.15) is 0 Å². The van der Waals surface area contributed by atoms with Gasteiger partial charge in [0.15, 0.2) is 11.5 Å². The summed E-state index contributed by atoms with van der Waals surface area (Å²) < 4.78 is 10.9. The van der Waals surface area contributed by atoms with E-state index in [0.717, 1.165) is 24.5 Å². The van der Waals surface area contributed by atoms with Crippen molar-refractivity contribution in [3.63, 3.8) is 0 Å². The maximum Gasteiger partial charge on any atom is 0.231 e. The van der Waals surface area contributed by atoms with Crippen LogP contribution in [0.2, 0.25) is 0 Å². The van der Waals surface area contributed by atoms with Gasteiger partial charge in [0.05, 0.1) is 0 Å². The SMILES string of the molecule is CNCC1CCc2cc3c(cc2N1C)OCO3. The Kier molecular flexibility index (Phi) is 2.59. The molecule has 0 aliphatic carbocycles. The number of ether oxygens (including phenoxy) is 2. The zero-order valence-electron chi connectivity index (χ0n) is 10.3. The number of nitrogens with zero attached hydrogens (tertiary/aromatic N) is 1. The average molecular weight is 234 g/mol. The largest absolute Gasteiger partial charge is 0.454 e. The highest BCUT2D eigenvalue weighted by Crippen LogP contribution is 2.41. The minimum Gasteiger partial charge on any atom is -0.454 e. The topological polar surface area (TPSA) is 33.7 Å². The average Bonchev–Trinajstić information content (AvgIpc) is 2.78. The van der Waals surface area contributed by atoms with E-state index < -0.39 is 0 Å². The number of fused-ring (bicyclic) bond motifs is 2. The normalized spacial score (nSPS) is 21.5. The van der Waals surface area contributed by atoms with Crippen molar-refractivity contribution in [2.45, 2.75) is 18.9 Å². The van der Waals surface area contributed by atoms with Gasteiger partial charge in [-0.05, 0) is 31.5 Å². The predicted octanol–water partition coefficient (Wildman–Crippen LogP) is 1.39. The molecule has 0 bridgehead atoms. The number of hydrogen-bond donors (Lipinski definition) is 1. The number of aryl methyl sites for hydroxylation is 1. The highest BCUT2D eigenvalue weighted by atomic mass is 16.7. The molecule has 2 aliphatic rings. The van der Waals surface area contributed by atoms with E-state index in [1.165, 1.54) is 17.7 Å². The van der Waals surface area contributed by atoms with E-state index in [9.17, 15) is 0 Å². The maximum absolute atomic E-state index is 5.44. The Hall–Kier alpha value is -1.42. The van der Waals surface area contributed by atoms with Crippen molar-refractivity contribution in [2.24, 2.45) is 0 Å². The van der Waals surface area contributed by atoms with Crippen molar-refractivity contribution in [3.05, 3.63) is 17.7 Å². The fourth-order valence-corrected chi connectivity index (χ4v) is 2.69. The number of hydrogen-bond acceptors (Lipinski definition) is 4. The van der Waals surface area contributed by atoms with Crippen LogP contribution in [0.5, 0.6) is 11.5 Å². The third kappa shape index (κ3) is 1.72. The summed E-state index contributed by atoms with van der Waals surface area (Å²) in [5.41, 5.74) is 2.64. The number of benzene rings is 1. The predicted molar refractivity (Wildman–Crippen MR) is 67.0 cm³/mol. The van der Waals surface area contributed by atoms with Crippen LogP contribution in [-0.2, 0) is 6.42 Å². The first-order valence-electron chi connectivity index (χ1n) is 6.09. The smallest absolute Gasteiger partial charge is 0.231 e. The van der Waals surface area contributed by atoms with Gasteiger partial charge in [0.25, 0.3) is 0 Å². The highest BCUT2D eigenvalue weighted by molar-refractivity contribution is 5.64. The van der Waals surface area contributed by atoms with Gasteiger partial charge in [0.1, 0.15) is 0 Å². The van der Waals surface area contributed by atoms with Gasteiger partial charge in [-0.15, -0.1) is 0 Å². The second-order valence-electron chi connectivity index (χ2n) is 4.70. The molecule has 0 fully saturated rings. The molecule has 0 aromatic heterocycles. The molecule has 1 aromatic rings. The van der Waals surface area contributed by atoms with Gasteiger partial charge < -0.3 is 19.7 Å². The summed E-state index contributed by atoms with van der Waals surface area (Å²) in [6.07, 6.45) is 2.30. The molecule has 17 heavy (non-hydrogen) atoms. The molecule has 1 N–H and O–H groups in total. The summed E-state index contributed by atoms with van der Waals surface area (Å²) in [5.74, 6) is 1.77. The van der Waals surface area contributed by atoms with E-state index in [1.807, 2.05) is 7.05 Å². The third-order valence-electron chi connectivity index (χ3n) is 3.69. The van der Waals surface area contributed by atoms with Crippen molar-refractivity contribution in [3.8, 4) is 11.5 Å². The number of nitrogens with one attached hydrogen (secondary N) is 1. The first kappa shape index (κ1) is 10.7. The fourth-order valence-electron chi connectivity index (χ4n) is 2.69. The van der Waals surface area contributed by atoms with Crippen molar-refractivity contribution in [1.82, 2.24) is 5.32 Å². The lowest BCUT2D eigenvalue weighted by Gasteiger charge is -2.36. The van der Waals surface area contributed by atoms with E-state index >= 15 is 0 Å². The lowest BCUT2D eigenvalue weighted by molar-refractivity contribution is 0.174. The van der Waals surface area contributed by atoms with Gasteiger partial charge in [0, 0.05) is 31.4 Å². The van der Waals surface area contributed by atoms with Crippen LogP contribution >= 0.6 is 0 Å². The van der Waals surface area contributed by atoms with Gasteiger partial charge in [-0.25, -0.2) is 0 Å². The Morgan fingerprint density at radius 2 is 2.12 bits per heavy atom. The van der Waals surface area contributed by atoms with Crippen LogP contribution in [0.15, 0.2) is 12.1 Å². The summed E-state index contributed by atoms with van der Waals surface area (Å²) in [6.45, 7) is 1.37. The minimum absolute atomic E-state index is 0.349. The quantitative estimate of drug-likeness (QED) is 0.838. The molecular formula is C13H18N2O2. The number of anilines is 1. The molecule has 1 unspecified atom stereocenters. The molecule has 0 radical (unpaired) electrons. The first-order valence-corrected chi connectivity index (χ1v) is 6.09. The molecule has 3 rings (SSSR count). The Morgan fingerprint density at radius 3 is 2.88 bits per heavy atom. The van der Waals surface area contributed by atoms with Gasteiger partial charge in [-0.3, -0.25) is 0 Å². The van der Waals surface area contributed by atoms with E-state index in [2.05, 4.69) is 29.4 Å². The van der Waals surface area contributed by atoms with Gasteiger partial charge in [0.2, 0.25) is 6.79 Å². The van der Waals surface area contributed by atoms with Crippen LogP contribution in [0.3, 0.4) is 0 Å². The Bertz CT molecular complexity index is 434. The molecule has 92 valence electrons. The van der Waals surface area contributed by atoms with Crippen molar-refractivity contribution < 1.29 is 9.47 Å².